The zero-order chi connectivity index (χ0) is 12.4. The van der Waals surface area contributed by atoms with Crippen molar-refractivity contribution in [2.45, 2.75) is 6.82 Å². The van der Waals surface area contributed by atoms with Crippen molar-refractivity contribution in [3.8, 4) is 0 Å². The number of fused-ring (bicyclic) bond motifs is 1. The third kappa shape index (κ3) is 2.08. The average molecular weight is 238 g/mol. The molecule has 1 aromatic heterocycles. The van der Waals surface area contributed by atoms with Crippen LogP contribution in [-0.4, -0.2) is 43.4 Å². The van der Waals surface area contributed by atoms with Gasteiger partial charge < -0.3 is 9.71 Å². The second-order valence-corrected chi connectivity index (χ2v) is 4.63. The van der Waals surface area contributed by atoms with E-state index in [1.807, 2.05) is 12.3 Å². The topological polar surface area (TPSA) is 19.4 Å². The molecule has 1 radical (unpaired) electrons. The number of piperazine rings is 1. The van der Waals surface area contributed by atoms with Crippen LogP contribution in [0, 0.1) is 0 Å². The van der Waals surface area contributed by atoms with Gasteiger partial charge in [0, 0.05) is 43.4 Å². The van der Waals surface area contributed by atoms with E-state index in [2.05, 4.69) is 53.2 Å². The van der Waals surface area contributed by atoms with Crippen molar-refractivity contribution in [2.75, 3.05) is 31.1 Å². The quantitative estimate of drug-likeness (QED) is 0.746. The highest BCUT2D eigenvalue weighted by molar-refractivity contribution is 6.29. The van der Waals surface area contributed by atoms with E-state index in [4.69, 9.17) is 0 Å². The summed E-state index contributed by atoms with van der Waals surface area (Å²) in [6.45, 7) is 6.48. The second kappa shape index (κ2) is 4.98. The molecule has 1 aliphatic heterocycles. The van der Waals surface area contributed by atoms with E-state index >= 15 is 0 Å². The summed E-state index contributed by atoms with van der Waals surface area (Å²) >= 11 is 0. The van der Waals surface area contributed by atoms with Crippen molar-refractivity contribution in [1.29, 1.82) is 0 Å². The molecule has 0 atom stereocenters. The van der Waals surface area contributed by atoms with Crippen molar-refractivity contribution < 1.29 is 0 Å². The Labute approximate surface area is 109 Å². The van der Waals surface area contributed by atoms with Gasteiger partial charge in [-0.2, -0.15) is 0 Å². The number of hydrogen-bond acceptors (Lipinski definition) is 3. The molecule has 0 bridgehead atoms. The van der Waals surface area contributed by atoms with Crippen LogP contribution in [0.25, 0.3) is 10.9 Å². The van der Waals surface area contributed by atoms with Gasteiger partial charge in [-0.05, 0) is 12.1 Å². The first-order chi connectivity index (χ1) is 8.88. The summed E-state index contributed by atoms with van der Waals surface area (Å²) in [5.74, 6) is 0. The number of hydrogen-bond donors (Lipinski definition) is 0. The molecule has 2 aromatic rings. The van der Waals surface area contributed by atoms with Crippen LogP contribution in [0.4, 0.5) is 5.69 Å². The summed E-state index contributed by atoms with van der Waals surface area (Å²) in [4.78, 5) is 9.26. The maximum atomic E-state index is 4.42. The van der Waals surface area contributed by atoms with Crippen LogP contribution in [0.5, 0.6) is 0 Å². The number of nitrogens with zero attached hydrogens (tertiary/aromatic N) is 3. The number of benzene rings is 1. The molecular formula is C14H17BN3. The molecule has 1 saturated heterocycles. The van der Waals surface area contributed by atoms with Gasteiger partial charge in [0.25, 0.3) is 0 Å². The number of rotatable bonds is 2. The lowest BCUT2D eigenvalue weighted by Gasteiger charge is -2.36. The van der Waals surface area contributed by atoms with Gasteiger partial charge >= 0.3 is 0 Å². The molecule has 2 heterocycles. The Morgan fingerprint density at radius 1 is 1.06 bits per heavy atom. The van der Waals surface area contributed by atoms with Crippen LogP contribution in [0.15, 0.2) is 36.5 Å². The minimum Gasteiger partial charge on any atom is -0.368 e. The van der Waals surface area contributed by atoms with E-state index in [9.17, 15) is 0 Å². The molecule has 1 fully saturated rings. The van der Waals surface area contributed by atoms with E-state index in [0.29, 0.717) is 0 Å². The summed E-state index contributed by atoms with van der Waals surface area (Å²) in [5.41, 5.74) is 2.40. The minimum atomic E-state index is 1.08. The van der Waals surface area contributed by atoms with Gasteiger partial charge in [-0.1, -0.05) is 25.0 Å². The lowest BCUT2D eigenvalue weighted by molar-refractivity contribution is 0.408. The molecule has 3 nitrogen and oxygen atoms in total. The average Bonchev–Trinajstić information content (AvgIpc) is 2.47. The summed E-state index contributed by atoms with van der Waals surface area (Å²) in [5, 5.41) is 1.26. The van der Waals surface area contributed by atoms with E-state index < -0.39 is 0 Å². The zero-order valence-corrected chi connectivity index (χ0v) is 10.7. The second-order valence-electron chi connectivity index (χ2n) is 4.63. The smallest absolute Gasteiger partial charge is 0.205 e. The lowest BCUT2D eigenvalue weighted by atomic mass is 9.94. The number of para-hydroxylation sites is 1. The van der Waals surface area contributed by atoms with Crippen LogP contribution in [0.2, 0.25) is 6.82 Å². The minimum absolute atomic E-state index is 1.08. The molecule has 91 valence electrons. The van der Waals surface area contributed by atoms with Crippen molar-refractivity contribution in [2.24, 2.45) is 0 Å². The third-order valence-corrected chi connectivity index (χ3v) is 3.65. The van der Waals surface area contributed by atoms with Gasteiger partial charge in [0.2, 0.25) is 7.41 Å². The van der Waals surface area contributed by atoms with Gasteiger partial charge in [0.05, 0.1) is 5.52 Å². The molecule has 1 aliphatic rings. The number of pyridine rings is 1. The SMILES string of the molecule is C[B]N1CCN(c2ccnc3ccccc23)CC1. The Bertz CT molecular complexity index is 530. The molecule has 3 rings (SSSR count). The third-order valence-electron chi connectivity index (χ3n) is 3.65. The van der Waals surface area contributed by atoms with E-state index in [-0.39, 0.29) is 0 Å². The van der Waals surface area contributed by atoms with Crippen molar-refractivity contribution in [1.82, 2.24) is 9.79 Å². The summed E-state index contributed by atoms with van der Waals surface area (Å²) in [7, 11) is 2.18. The fourth-order valence-electron chi connectivity index (χ4n) is 2.58. The fraction of sp³-hybridized carbons (Fsp3) is 0.357. The van der Waals surface area contributed by atoms with Gasteiger partial charge in [-0.3, -0.25) is 4.98 Å². The lowest BCUT2D eigenvalue weighted by Crippen LogP contribution is -2.47. The predicted octanol–water partition coefficient (Wildman–Crippen LogP) is 2.02. The summed E-state index contributed by atoms with van der Waals surface area (Å²) in [6.07, 6.45) is 1.91. The van der Waals surface area contributed by atoms with Crippen LogP contribution >= 0.6 is 0 Å². The Kier molecular flexibility index (Phi) is 3.20. The van der Waals surface area contributed by atoms with Gasteiger partial charge in [-0.15, -0.1) is 0 Å². The molecule has 0 aliphatic carbocycles. The van der Waals surface area contributed by atoms with Gasteiger partial charge in [-0.25, -0.2) is 0 Å². The molecule has 18 heavy (non-hydrogen) atoms. The normalized spacial score (nSPS) is 17.1. The monoisotopic (exact) mass is 238 g/mol. The first-order valence-corrected chi connectivity index (χ1v) is 6.51. The van der Waals surface area contributed by atoms with Crippen molar-refractivity contribution >= 4 is 24.0 Å². The molecular weight excluding hydrogens is 221 g/mol. The van der Waals surface area contributed by atoms with Gasteiger partial charge in [0.15, 0.2) is 0 Å². The fourth-order valence-corrected chi connectivity index (χ4v) is 2.58. The highest BCUT2D eigenvalue weighted by Gasteiger charge is 2.17. The summed E-state index contributed by atoms with van der Waals surface area (Å²) < 4.78 is 0. The highest BCUT2D eigenvalue weighted by Crippen LogP contribution is 2.25. The Morgan fingerprint density at radius 3 is 2.61 bits per heavy atom. The van der Waals surface area contributed by atoms with E-state index in [1.165, 1.54) is 11.1 Å². The molecule has 0 amide bonds. The molecule has 0 N–H and O–H groups in total. The van der Waals surface area contributed by atoms with Crippen molar-refractivity contribution in [3.05, 3.63) is 36.5 Å². The molecule has 4 heteroatoms. The number of anilines is 1. The van der Waals surface area contributed by atoms with Crippen molar-refractivity contribution in [3.63, 3.8) is 0 Å². The maximum Gasteiger partial charge on any atom is 0.205 e. The number of aromatic nitrogens is 1. The first kappa shape index (κ1) is 11.5. The molecule has 0 spiro atoms. The Morgan fingerprint density at radius 2 is 1.83 bits per heavy atom. The van der Waals surface area contributed by atoms with Crippen LogP contribution in [-0.2, 0) is 0 Å². The van der Waals surface area contributed by atoms with Crippen LogP contribution < -0.4 is 4.90 Å². The Hall–Kier alpha value is -1.55. The maximum absolute atomic E-state index is 4.42. The standard InChI is InChI=1S/C14H17BN3/c1-15-18-10-8-17(9-11-18)14-6-7-16-13-5-3-2-4-12(13)14/h2-7H,8-11H2,1H3. The van der Waals surface area contributed by atoms with Crippen LogP contribution in [0.1, 0.15) is 0 Å². The van der Waals surface area contributed by atoms with Crippen LogP contribution in [0.3, 0.4) is 0 Å². The first-order valence-electron chi connectivity index (χ1n) is 6.51. The molecule has 0 saturated carbocycles. The van der Waals surface area contributed by atoms with E-state index in [0.717, 1.165) is 31.7 Å². The summed E-state index contributed by atoms with van der Waals surface area (Å²) in [6, 6.07) is 10.5. The largest absolute Gasteiger partial charge is 0.368 e. The predicted molar refractivity (Wildman–Crippen MR) is 77.1 cm³/mol. The Balaban J connectivity index is 1.91. The molecule has 1 aromatic carbocycles. The highest BCUT2D eigenvalue weighted by atomic mass is 15.2. The molecule has 0 unspecified atom stereocenters. The zero-order valence-electron chi connectivity index (χ0n) is 10.7. The van der Waals surface area contributed by atoms with E-state index in [1.54, 1.807) is 0 Å². The van der Waals surface area contributed by atoms with Gasteiger partial charge in [0.1, 0.15) is 0 Å².